The molecule has 27 heavy (non-hydrogen) atoms. The molecule has 7 heteroatoms. The van der Waals surface area contributed by atoms with Crippen molar-refractivity contribution in [3.63, 3.8) is 0 Å². The van der Waals surface area contributed by atoms with Crippen molar-refractivity contribution in [3.8, 4) is 17.1 Å². The molecule has 0 amide bonds. The molecule has 0 saturated heterocycles. The van der Waals surface area contributed by atoms with Crippen LogP contribution < -0.4 is 15.8 Å². The maximum absolute atomic E-state index is 5.95. The summed E-state index contributed by atoms with van der Waals surface area (Å²) >= 11 is 0. The maximum Gasteiger partial charge on any atom is 0.222 e. The van der Waals surface area contributed by atoms with E-state index in [9.17, 15) is 0 Å². The summed E-state index contributed by atoms with van der Waals surface area (Å²) in [5, 5.41) is 7.90. The van der Waals surface area contributed by atoms with Crippen LogP contribution in [0.3, 0.4) is 0 Å². The largest absolute Gasteiger partial charge is 0.496 e. The standard InChI is InChI=1S/C20H26N6O/c1-5-15-11-17(26(3)25-15)16-12-19(24-20(21)23-16)22-13(2)10-14-8-6-7-9-18(14)27-4/h6-9,11-13H,5,10H2,1-4H3,(H3,21,22,23,24)/t13-/m1/s1. The van der Waals surface area contributed by atoms with E-state index in [0.717, 1.165) is 41.2 Å². The number of hydrogen-bond donors (Lipinski definition) is 2. The molecule has 0 fully saturated rings. The summed E-state index contributed by atoms with van der Waals surface area (Å²) in [6, 6.07) is 12.1. The predicted octanol–water partition coefficient (Wildman–Crippen LogP) is 3.07. The SMILES string of the molecule is CCc1cc(-c2cc(N[C@H](C)Cc3ccccc3OC)nc(N)n2)n(C)n1. The van der Waals surface area contributed by atoms with Crippen LogP contribution in [0.25, 0.3) is 11.4 Å². The Balaban J connectivity index is 1.80. The Kier molecular flexibility index (Phi) is 5.59. The first-order chi connectivity index (χ1) is 13.0. The Bertz CT molecular complexity index is 921. The molecule has 142 valence electrons. The van der Waals surface area contributed by atoms with Gasteiger partial charge in [0, 0.05) is 19.2 Å². The number of hydrogen-bond acceptors (Lipinski definition) is 6. The number of ether oxygens (including phenoxy) is 1. The van der Waals surface area contributed by atoms with Crippen molar-refractivity contribution in [3.05, 3.63) is 47.7 Å². The van der Waals surface area contributed by atoms with E-state index in [-0.39, 0.29) is 12.0 Å². The summed E-state index contributed by atoms with van der Waals surface area (Å²) in [7, 11) is 3.59. The molecule has 7 nitrogen and oxygen atoms in total. The van der Waals surface area contributed by atoms with Crippen LogP contribution in [0.1, 0.15) is 25.1 Å². The van der Waals surface area contributed by atoms with Gasteiger partial charge in [-0.15, -0.1) is 0 Å². The third-order valence-corrected chi connectivity index (χ3v) is 4.41. The molecule has 0 radical (unpaired) electrons. The van der Waals surface area contributed by atoms with Crippen molar-refractivity contribution in [2.24, 2.45) is 7.05 Å². The zero-order chi connectivity index (χ0) is 19.4. The number of aromatic nitrogens is 4. The Morgan fingerprint density at radius 3 is 2.70 bits per heavy atom. The van der Waals surface area contributed by atoms with Gasteiger partial charge in [-0.1, -0.05) is 25.1 Å². The quantitative estimate of drug-likeness (QED) is 0.668. The van der Waals surface area contributed by atoms with E-state index in [4.69, 9.17) is 10.5 Å². The van der Waals surface area contributed by atoms with Gasteiger partial charge in [0.25, 0.3) is 0 Å². The third-order valence-electron chi connectivity index (χ3n) is 4.41. The van der Waals surface area contributed by atoms with Gasteiger partial charge in [0.05, 0.1) is 24.2 Å². The Morgan fingerprint density at radius 2 is 2.00 bits per heavy atom. The van der Waals surface area contributed by atoms with E-state index in [1.807, 2.05) is 42.1 Å². The topological polar surface area (TPSA) is 90.9 Å². The van der Waals surface area contributed by atoms with Crippen molar-refractivity contribution in [2.75, 3.05) is 18.2 Å². The fraction of sp³-hybridized carbons (Fsp3) is 0.350. The van der Waals surface area contributed by atoms with E-state index >= 15 is 0 Å². The number of nitrogen functional groups attached to an aromatic ring is 1. The highest BCUT2D eigenvalue weighted by atomic mass is 16.5. The monoisotopic (exact) mass is 366 g/mol. The second-order valence-electron chi connectivity index (χ2n) is 6.56. The average molecular weight is 366 g/mol. The van der Waals surface area contributed by atoms with E-state index in [1.165, 1.54) is 0 Å². The zero-order valence-corrected chi connectivity index (χ0v) is 16.2. The summed E-state index contributed by atoms with van der Waals surface area (Å²) in [5.41, 5.74) is 9.78. The first-order valence-electron chi connectivity index (χ1n) is 9.06. The summed E-state index contributed by atoms with van der Waals surface area (Å²) in [5.74, 6) is 1.81. The van der Waals surface area contributed by atoms with Crippen LogP contribution in [0.4, 0.5) is 11.8 Å². The Morgan fingerprint density at radius 1 is 1.22 bits per heavy atom. The normalized spacial score (nSPS) is 12.0. The number of rotatable bonds is 7. The van der Waals surface area contributed by atoms with Gasteiger partial charge >= 0.3 is 0 Å². The lowest BCUT2D eigenvalue weighted by molar-refractivity contribution is 0.409. The molecule has 0 spiro atoms. The van der Waals surface area contributed by atoms with E-state index in [1.54, 1.807) is 7.11 Å². The van der Waals surface area contributed by atoms with Gasteiger partial charge in [0.1, 0.15) is 11.6 Å². The van der Waals surface area contributed by atoms with Gasteiger partial charge in [-0.2, -0.15) is 10.1 Å². The van der Waals surface area contributed by atoms with Gasteiger partial charge in [0.15, 0.2) is 0 Å². The number of nitrogens with one attached hydrogen (secondary N) is 1. The summed E-state index contributed by atoms with van der Waals surface area (Å²) in [4.78, 5) is 8.71. The van der Waals surface area contributed by atoms with Crippen LogP contribution in [0.15, 0.2) is 36.4 Å². The van der Waals surface area contributed by atoms with Crippen LogP contribution in [-0.4, -0.2) is 32.9 Å². The molecular formula is C20H26N6O. The van der Waals surface area contributed by atoms with Gasteiger partial charge in [0.2, 0.25) is 5.95 Å². The first kappa shape index (κ1) is 18.7. The second-order valence-corrected chi connectivity index (χ2v) is 6.56. The predicted molar refractivity (Wildman–Crippen MR) is 108 cm³/mol. The van der Waals surface area contributed by atoms with Crippen LogP contribution in [0.2, 0.25) is 0 Å². The number of para-hydroxylation sites is 1. The molecule has 0 aliphatic carbocycles. The molecule has 1 atom stereocenters. The number of aryl methyl sites for hydroxylation is 2. The number of benzene rings is 1. The lowest BCUT2D eigenvalue weighted by Gasteiger charge is -2.17. The molecule has 3 N–H and O–H groups in total. The molecule has 1 aromatic carbocycles. The molecule has 0 aliphatic heterocycles. The molecule has 0 unspecified atom stereocenters. The molecule has 0 saturated carbocycles. The lowest BCUT2D eigenvalue weighted by Crippen LogP contribution is -2.20. The highest BCUT2D eigenvalue weighted by Crippen LogP contribution is 2.23. The van der Waals surface area contributed by atoms with Crippen LogP contribution in [-0.2, 0) is 19.9 Å². The fourth-order valence-corrected chi connectivity index (χ4v) is 3.12. The van der Waals surface area contributed by atoms with Crippen LogP contribution >= 0.6 is 0 Å². The van der Waals surface area contributed by atoms with E-state index in [0.29, 0.717) is 5.82 Å². The van der Waals surface area contributed by atoms with Gasteiger partial charge in [-0.3, -0.25) is 4.68 Å². The van der Waals surface area contributed by atoms with Crippen LogP contribution in [0.5, 0.6) is 5.75 Å². The summed E-state index contributed by atoms with van der Waals surface area (Å²) in [6.07, 6.45) is 1.67. The minimum Gasteiger partial charge on any atom is -0.496 e. The molecule has 3 rings (SSSR count). The minimum atomic E-state index is 0.140. The zero-order valence-electron chi connectivity index (χ0n) is 16.2. The number of anilines is 2. The van der Waals surface area contributed by atoms with Crippen molar-refractivity contribution in [1.29, 1.82) is 0 Å². The fourth-order valence-electron chi connectivity index (χ4n) is 3.12. The number of methoxy groups -OCH3 is 1. The van der Waals surface area contributed by atoms with Gasteiger partial charge < -0.3 is 15.8 Å². The van der Waals surface area contributed by atoms with Crippen molar-refractivity contribution in [2.45, 2.75) is 32.7 Å². The molecule has 3 aromatic rings. The van der Waals surface area contributed by atoms with Crippen molar-refractivity contribution < 1.29 is 4.74 Å². The summed E-state index contributed by atoms with van der Waals surface area (Å²) in [6.45, 7) is 4.18. The third kappa shape index (κ3) is 4.36. The lowest BCUT2D eigenvalue weighted by atomic mass is 10.1. The number of nitrogens with zero attached hydrogens (tertiary/aromatic N) is 4. The Labute approximate surface area is 159 Å². The van der Waals surface area contributed by atoms with Gasteiger partial charge in [-0.05, 0) is 37.5 Å². The van der Waals surface area contributed by atoms with Crippen molar-refractivity contribution in [1.82, 2.24) is 19.7 Å². The maximum atomic E-state index is 5.95. The summed E-state index contributed by atoms with van der Waals surface area (Å²) < 4.78 is 7.26. The average Bonchev–Trinajstić information content (AvgIpc) is 3.02. The van der Waals surface area contributed by atoms with Crippen LogP contribution in [0, 0.1) is 0 Å². The minimum absolute atomic E-state index is 0.140. The number of nitrogens with two attached hydrogens (primary N) is 1. The van der Waals surface area contributed by atoms with E-state index < -0.39 is 0 Å². The molecule has 2 heterocycles. The molecular weight excluding hydrogens is 340 g/mol. The molecule has 0 bridgehead atoms. The molecule has 0 aliphatic rings. The highest BCUT2D eigenvalue weighted by Gasteiger charge is 2.13. The van der Waals surface area contributed by atoms with Crippen molar-refractivity contribution >= 4 is 11.8 Å². The molecule has 2 aromatic heterocycles. The highest BCUT2D eigenvalue weighted by molar-refractivity contribution is 5.61. The van der Waals surface area contributed by atoms with E-state index in [2.05, 4.69) is 40.3 Å². The van der Waals surface area contributed by atoms with Gasteiger partial charge in [-0.25, -0.2) is 4.98 Å². The smallest absolute Gasteiger partial charge is 0.222 e. The Hall–Kier alpha value is -3.09. The second kappa shape index (κ2) is 8.07. The first-order valence-corrected chi connectivity index (χ1v) is 9.06.